The fourth-order valence-electron chi connectivity index (χ4n) is 3.80. The molecule has 0 radical (unpaired) electrons. The standard InChI is InChI=1S/C25H28O7/c1-12(2)5-6-14(13(3)4)9-17-19(28)11-20(29)21-22(30)23(31)25(32-24(17)21)16-8-7-15(26)10-18(16)27/h5,7-8,10-11,14,23,25-29,31H,3,6,9H2,1-2,4H3/t14-,23+,25-/m1/s1. The normalized spacial score (nSPS) is 18.4. The predicted molar refractivity (Wildman–Crippen MR) is 119 cm³/mol. The van der Waals surface area contributed by atoms with Gasteiger partial charge in [-0.1, -0.05) is 23.8 Å². The number of carbonyl (C=O) groups is 1. The minimum absolute atomic E-state index is 0.0428. The molecule has 0 bridgehead atoms. The maximum absolute atomic E-state index is 13.0. The van der Waals surface area contributed by atoms with Crippen molar-refractivity contribution in [2.24, 2.45) is 5.92 Å². The highest BCUT2D eigenvalue weighted by atomic mass is 16.5. The van der Waals surface area contributed by atoms with Gasteiger partial charge in [0.2, 0.25) is 5.78 Å². The van der Waals surface area contributed by atoms with Crippen LogP contribution < -0.4 is 4.74 Å². The number of rotatable bonds is 6. The SMILES string of the molecule is C=C(C)[C@H](CC=C(C)C)Cc1c(O)cc(O)c2c1O[C@H](c1ccc(O)cc1O)[C@@H](O)C2=O. The van der Waals surface area contributed by atoms with Crippen LogP contribution in [0.25, 0.3) is 0 Å². The van der Waals surface area contributed by atoms with Gasteiger partial charge in [0.1, 0.15) is 34.3 Å². The Kier molecular flexibility index (Phi) is 6.50. The van der Waals surface area contributed by atoms with Gasteiger partial charge in [0.05, 0.1) is 0 Å². The van der Waals surface area contributed by atoms with Crippen molar-refractivity contribution >= 4 is 5.78 Å². The number of phenolic OH excluding ortho intramolecular Hbond substituents is 4. The Morgan fingerprint density at radius 3 is 2.38 bits per heavy atom. The van der Waals surface area contributed by atoms with Crippen LogP contribution in [0.5, 0.6) is 28.7 Å². The van der Waals surface area contributed by atoms with Gasteiger partial charge in [-0.15, -0.1) is 0 Å². The molecule has 1 heterocycles. The van der Waals surface area contributed by atoms with E-state index in [-0.39, 0.29) is 46.5 Å². The van der Waals surface area contributed by atoms with E-state index >= 15 is 0 Å². The van der Waals surface area contributed by atoms with Crippen molar-refractivity contribution in [3.63, 3.8) is 0 Å². The first-order chi connectivity index (χ1) is 15.0. The number of hydrogen-bond acceptors (Lipinski definition) is 7. The molecule has 0 saturated carbocycles. The number of Topliss-reactive ketones (excluding diaryl/α,β-unsaturated/α-hetero) is 1. The van der Waals surface area contributed by atoms with Crippen molar-refractivity contribution in [2.45, 2.75) is 45.8 Å². The Bertz CT molecular complexity index is 1100. The summed E-state index contributed by atoms with van der Waals surface area (Å²) in [5, 5.41) is 51.3. The molecule has 0 amide bonds. The van der Waals surface area contributed by atoms with Crippen LogP contribution in [0, 0.1) is 5.92 Å². The van der Waals surface area contributed by atoms with E-state index in [1.807, 2.05) is 20.8 Å². The minimum atomic E-state index is -1.70. The molecule has 170 valence electrons. The third-order valence-corrected chi connectivity index (χ3v) is 5.67. The first kappa shape index (κ1) is 23.2. The highest BCUT2D eigenvalue weighted by Gasteiger charge is 2.42. The lowest BCUT2D eigenvalue weighted by Gasteiger charge is -2.32. The molecule has 2 aromatic rings. The van der Waals surface area contributed by atoms with Crippen LogP contribution in [-0.4, -0.2) is 37.4 Å². The number of aliphatic hydroxyl groups excluding tert-OH is 1. The third kappa shape index (κ3) is 4.43. The smallest absolute Gasteiger partial charge is 0.202 e. The summed E-state index contributed by atoms with van der Waals surface area (Å²) in [6, 6.07) is 4.77. The second-order valence-electron chi connectivity index (χ2n) is 8.45. The van der Waals surface area contributed by atoms with Crippen LogP contribution in [0.3, 0.4) is 0 Å². The third-order valence-electron chi connectivity index (χ3n) is 5.67. The number of phenols is 4. The van der Waals surface area contributed by atoms with Crippen molar-refractivity contribution in [3.8, 4) is 28.7 Å². The number of allylic oxidation sites excluding steroid dienone is 3. The first-order valence-corrected chi connectivity index (χ1v) is 10.3. The van der Waals surface area contributed by atoms with Crippen LogP contribution in [-0.2, 0) is 6.42 Å². The Morgan fingerprint density at radius 1 is 1.09 bits per heavy atom. The Hall–Kier alpha value is -3.45. The van der Waals surface area contributed by atoms with Gasteiger partial charge in [-0.2, -0.15) is 0 Å². The molecular weight excluding hydrogens is 412 g/mol. The summed E-state index contributed by atoms with van der Waals surface area (Å²) in [5.41, 5.74) is 2.17. The molecule has 0 unspecified atom stereocenters. The molecule has 5 N–H and O–H groups in total. The Balaban J connectivity index is 2.11. The summed E-state index contributed by atoms with van der Waals surface area (Å²) in [5.74, 6) is -2.22. The molecule has 7 heteroatoms. The number of hydrogen-bond donors (Lipinski definition) is 5. The largest absolute Gasteiger partial charge is 0.508 e. The molecular formula is C25H28O7. The van der Waals surface area contributed by atoms with Crippen molar-refractivity contribution in [1.82, 2.24) is 0 Å². The molecule has 0 aromatic heterocycles. The lowest BCUT2D eigenvalue weighted by molar-refractivity contribution is 0.0197. The maximum Gasteiger partial charge on any atom is 0.202 e. The van der Waals surface area contributed by atoms with Gasteiger partial charge >= 0.3 is 0 Å². The van der Waals surface area contributed by atoms with Crippen molar-refractivity contribution in [1.29, 1.82) is 0 Å². The van der Waals surface area contributed by atoms with Gasteiger partial charge in [-0.05, 0) is 51.7 Å². The summed E-state index contributed by atoms with van der Waals surface area (Å²) >= 11 is 0. The van der Waals surface area contributed by atoms with E-state index < -0.39 is 23.7 Å². The van der Waals surface area contributed by atoms with E-state index in [0.717, 1.165) is 23.3 Å². The van der Waals surface area contributed by atoms with E-state index in [1.165, 1.54) is 12.1 Å². The highest BCUT2D eigenvalue weighted by molar-refractivity contribution is 6.06. The average Bonchev–Trinajstić information content (AvgIpc) is 2.69. The van der Waals surface area contributed by atoms with Crippen LogP contribution in [0.1, 0.15) is 54.8 Å². The van der Waals surface area contributed by atoms with E-state index in [2.05, 4.69) is 12.7 Å². The highest BCUT2D eigenvalue weighted by Crippen LogP contribution is 2.47. The van der Waals surface area contributed by atoms with Crippen LogP contribution in [0.2, 0.25) is 0 Å². The quantitative estimate of drug-likeness (QED) is 0.424. The Morgan fingerprint density at radius 2 is 1.78 bits per heavy atom. The summed E-state index contributed by atoms with van der Waals surface area (Å²) in [6.07, 6.45) is -0.00649. The zero-order chi connectivity index (χ0) is 23.7. The number of ketones is 1. The summed E-state index contributed by atoms with van der Waals surface area (Å²) in [7, 11) is 0. The number of aromatic hydroxyl groups is 4. The summed E-state index contributed by atoms with van der Waals surface area (Å²) in [4.78, 5) is 13.0. The van der Waals surface area contributed by atoms with Crippen LogP contribution >= 0.6 is 0 Å². The van der Waals surface area contributed by atoms with Crippen LogP contribution in [0.15, 0.2) is 48.1 Å². The molecule has 7 nitrogen and oxygen atoms in total. The zero-order valence-electron chi connectivity index (χ0n) is 18.3. The van der Waals surface area contributed by atoms with Crippen molar-refractivity contribution in [3.05, 3.63) is 64.8 Å². The van der Waals surface area contributed by atoms with Crippen LogP contribution in [0.4, 0.5) is 0 Å². The second kappa shape index (κ2) is 8.96. The van der Waals surface area contributed by atoms with E-state index in [0.29, 0.717) is 12.0 Å². The number of benzene rings is 2. The monoisotopic (exact) mass is 440 g/mol. The lowest BCUT2D eigenvalue weighted by Crippen LogP contribution is -2.36. The number of fused-ring (bicyclic) bond motifs is 1. The first-order valence-electron chi connectivity index (χ1n) is 10.3. The fourth-order valence-corrected chi connectivity index (χ4v) is 3.80. The van der Waals surface area contributed by atoms with Crippen molar-refractivity contribution in [2.75, 3.05) is 0 Å². The topological polar surface area (TPSA) is 127 Å². The molecule has 0 aliphatic carbocycles. The van der Waals surface area contributed by atoms with Gasteiger partial charge in [0.15, 0.2) is 12.2 Å². The molecule has 3 rings (SSSR count). The lowest BCUT2D eigenvalue weighted by atomic mass is 9.85. The summed E-state index contributed by atoms with van der Waals surface area (Å²) in [6.45, 7) is 9.87. The van der Waals surface area contributed by atoms with Gasteiger partial charge in [0.25, 0.3) is 0 Å². The van der Waals surface area contributed by atoms with Gasteiger partial charge in [-0.25, -0.2) is 0 Å². The predicted octanol–water partition coefficient (Wildman–Crippen LogP) is 4.28. The average molecular weight is 440 g/mol. The fraction of sp³-hybridized carbons (Fsp3) is 0.320. The second-order valence-corrected chi connectivity index (χ2v) is 8.45. The summed E-state index contributed by atoms with van der Waals surface area (Å²) < 4.78 is 5.94. The molecule has 1 aliphatic rings. The van der Waals surface area contributed by atoms with E-state index in [4.69, 9.17) is 4.74 Å². The molecule has 0 spiro atoms. The number of aliphatic hydroxyl groups is 1. The maximum atomic E-state index is 13.0. The molecule has 3 atom stereocenters. The molecule has 1 aliphatic heterocycles. The molecule has 2 aromatic carbocycles. The van der Waals surface area contributed by atoms with E-state index in [1.54, 1.807) is 0 Å². The minimum Gasteiger partial charge on any atom is -0.508 e. The number of carbonyl (C=O) groups excluding carboxylic acids is 1. The molecule has 0 saturated heterocycles. The molecule has 32 heavy (non-hydrogen) atoms. The molecule has 0 fully saturated rings. The van der Waals surface area contributed by atoms with E-state index in [9.17, 15) is 30.3 Å². The van der Waals surface area contributed by atoms with Gasteiger partial charge in [0, 0.05) is 23.3 Å². The number of ether oxygens (including phenoxy) is 1. The van der Waals surface area contributed by atoms with Gasteiger partial charge in [-0.3, -0.25) is 4.79 Å². The van der Waals surface area contributed by atoms with Gasteiger partial charge < -0.3 is 30.3 Å². The Labute approximate surface area is 186 Å². The van der Waals surface area contributed by atoms with Crippen molar-refractivity contribution < 1.29 is 35.1 Å². The zero-order valence-corrected chi connectivity index (χ0v) is 18.3.